The first-order chi connectivity index (χ1) is 26.6. The number of hydrogen-bond donors (Lipinski definition) is 0. The van der Waals surface area contributed by atoms with Crippen LogP contribution in [0.3, 0.4) is 0 Å². The van der Waals surface area contributed by atoms with Crippen molar-refractivity contribution in [1.82, 2.24) is 9.21 Å². The molecule has 1 unspecified atom stereocenters. The van der Waals surface area contributed by atoms with Gasteiger partial charge < -0.3 is 24.2 Å². The van der Waals surface area contributed by atoms with E-state index in [9.17, 15) is 35.6 Å². The molecule has 3 heterocycles. The highest BCUT2D eigenvalue weighted by molar-refractivity contribution is 8.02. The monoisotopic (exact) mass is 880 g/mol. The van der Waals surface area contributed by atoms with Crippen LogP contribution in [0, 0.1) is 11.1 Å². The van der Waals surface area contributed by atoms with Gasteiger partial charge >= 0.3 is 12.6 Å². The number of benzene rings is 2. The van der Waals surface area contributed by atoms with Gasteiger partial charge in [-0.25, -0.2) is 21.6 Å². The molecule has 0 spiro atoms. The maximum Gasteiger partial charge on any atom is 0.387 e. The summed E-state index contributed by atoms with van der Waals surface area (Å²) < 4.78 is 105. The molecule has 56 heavy (non-hydrogen) atoms. The predicted octanol–water partition coefficient (Wildman–Crippen LogP) is 4.71. The summed E-state index contributed by atoms with van der Waals surface area (Å²) in [6.45, 7) is 0.118. The number of halogens is 4. The zero-order valence-corrected chi connectivity index (χ0v) is 34.1. The molecule has 21 heteroatoms. The zero-order valence-electron chi connectivity index (χ0n) is 30.1. The Bertz CT molecular complexity index is 2070. The Hall–Kier alpha value is -3.17. The van der Waals surface area contributed by atoms with Gasteiger partial charge in [0.25, 0.3) is 0 Å². The molecule has 3 aromatic rings. The average molecular weight is 882 g/mol. The van der Waals surface area contributed by atoms with Crippen molar-refractivity contribution < 1.29 is 54.1 Å². The van der Waals surface area contributed by atoms with Crippen LogP contribution in [0.2, 0.25) is 10.0 Å². The van der Waals surface area contributed by atoms with Crippen molar-refractivity contribution in [3.05, 3.63) is 81.2 Å². The Morgan fingerprint density at radius 1 is 1.04 bits per heavy atom. The number of carbonyl (C=O) groups excluding carboxylic acids is 1. The molecular weight excluding hydrogens is 842 g/mol. The molecule has 2 aliphatic heterocycles. The van der Waals surface area contributed by atoms with Crippen molar-refractivity contribution in [3.8, 4) is 11.5 Å². The lowest BCUT2D eigenvalue weighted by molar-refractivity contribution is -0.605. The molecule has 0 amide bonds. The van der Waals surface area contributed by atoms with Gasteiger partial charge in [-0.05, 0) is 60.7 Å². The summed E-state index contributed by atoms with van der Waals surface area (Å²) in [6, 6.07) is 9.44. The Balaban J connectivity index is 1.24. The van der Waals surface area contributed by atoms with Gasteiger partial charge in [-0.2, -0.15) is 17.8 Å². The third-order valence-electron chi connectivity index (χ3n) is 9.34. The highest BCUT2D eigenvalue weighted by Gasteiger charge is 2.42. The van der Waals surface area contributed by atoms with Crippen molar-refractivity contribution in [2.75, 3.05) is 68.9 Å². The topological polar surface area (TPSA) is 159 Å². The van der Waals surface area contributed by atoms with Crippen molar-refractivity contribution in [3.63, 3.8) is 0 Å². The third-order valence-corrected chi connectivity index (χ3v) is 14.4. The number of alkyl halides is 2. The number of ether oxygens (including phenoxy) is 4. The average Bonchev–Trinajstić information content (AvgIpc) is 3.83. The van der Waals surface area contributed by atoms with Gasteiger partial charge in [0.15, 0.2) is 29.3 Å². The van der Waals surface area contributed by atoms with Crippen molar-refractivity contribution in [2.45, 2.75) is 42.2 Å². The standard InChI is InChI=1S/C35H40Cl2F2N4O10S3/c1-55(46,47)42(11-10-40-12-15-50-16-13-40)25-5-7-26(8-6-25)56(48,49)43-14-17-54-33(43)34(44)52-31(19-27-28(36)20-41(45)21-29(27)37)24-4-9-30(53-35(38)39)32(18-24)51-22-23-2-3-23/h4-9,18,20-21,23,31,33,35H,2-3,10-17,19,22H2,1H3/t31-,33?/m0/s1. The molecule has 6 rings (SSSR count). The number of sulfonamides is 2. The van der Waals surface area contributed by atoms with E-state index in [-0.39, 0.29) is 81.0 Å². The highest BCUT2D eigenvalue weighted by Crippen LogP contribution is 2.39. The molecular formula is C35H40Cl2F2N4O10S3. The van der Waals surface area contributed by atoms with E-state index in [4.69, 9.17) is 37.4 Å². The van der Waals surface area contributed by atoms with E-state index in [1.807, 2.05) is 0 Å². The molecule has 0 radical (unpaired) electrons. The molecule has 0 bridgehead atoms. The first-order valence-corrected chi connectivity index (χ1v) is 22.7. The van der Waals surface area contributed by atoms with Gasteiger partial charge in [-0.1, -0.05) is 29.3 Å². The number of thioether (sulfide) groups is 1. The normalized spacial score (nSPS) is 18.9. The van der Waals surface area contributed by atoms with Crippen molar-refractivity contribution in [1.29, 1.82) is 0 Å². The van der Waals surface area contributed by atoms with E-state index in [1.165, 1.54) is 46.8 Å². The quantitative estimate of drug-likeness (QED) is 0.105. The molecule has 14 nitrogen and oxygen atoms in total. The number of rotatable bonds is 17. The third kappa shape index (κ3) is 10.7. The second-order valence-electron chi connectivity index (χ2n) is 13.4. The lowest BCUT2D eigenvalue weighted by Crippen LogP contribution is -2.43. The fraction of sp³-hybridized carbons (Fsp3) is 0.486. The molecule has 1 saturated carbocycles. The fourth-order valence-corrected chi connectivity index (χ4v) is 10.8. The van der Waals surface area contributed by atoms with Crippen LogP contribution < -0.4 is 18.5 Å². The number of aromatic nitrogens is 1. The minimum atomic E-state index is -4.32. The minimum absolute atomic E-state index is 0.0168. The molecule has 1 aliphatic carbocycles. The molecule has 1 aromatic heterocycles. The number of esters is 1. The maximum absolute atomic E-state index is 14.0. The summed E-state index contributed by atoms with van der Waals surface area (Å²) in [5.74, 6) is -0.667. The summed E-state index contributed by atoms with van der Waals surface area (Å²) in [6.07, 6.45) is 3.66. The van der Waals surface area contributed by atoms with E-state index in [2.05, 4.69) is 9.64 Å². The molecule has 2 aromatic carbocycles. The van der Waals surface area contributed by atoms with E-state index < -0.39 is 44.1 Å². The maximum atomic E-state index is 14.0. The van der Waals surface area contributed by atoms with Crippen LogP contribution in [0.25, 0.3) is 0 Å². The van der Waals surface area contributed by atoms with Crippen LogP contribution in [0.15, 0.2) is 59.8 Å². The summed E-state index contributed by atoms with van der Waals surface area (Å²) in [5, 5.41) is 10.6. The first-order valence-electron chi connectivity index (χ1n) is 17.6. The zero-order chi connectivity index (χ0) is 40.2. The second kappa shape index (κ2) is 18.2. The van der Waals surface area contributed by atoms with Crippen LogP contribution in [-0.2, 0) is 40.7 Å². The molecule has 2 atom stereocenters. The smallest absolute Gasteiger partial charge is 0.387 e. The summed E-state index contributed by atoms with van der Waals surface area (Å²) in [7, 11) is -8.03. The molecule has 3 aliphatic rings. The van der Waals surface area contributed by atoms with E-state index in [1.54, 1.807) is 0 Å². The van der Waals surface area contributed by atoms with Crippen molar-refractivity contribution >= 4 is 66.7 Å². The van der Waals surface area contributed by atoms with Gasteiger partial charge in [-0.15, -0.1) is 11.8 Å². The molecule has 3 fully saturated rings. The van der Waals surface area contributed by atoms with Crippen LogP contribution in [0.5, 0.6) is 11.5 Å². The van der Waals surface area contributed by atoms with Gasteiger partial charge in [-0.3, -0.25) is 9.21 Å². The fourth-order valence-electron chi connectivity index (χ4n) is 6.21. The van der Waals surface area contributed by atoms with Crippen LogP contribution in [-0.4, -0.2) is 109 Å². The summed E-state index contributed by atoms with van der Waals surface area (Å²) in [4.78, 5) is 15.9. The number of hydrogen-bond acceptors (Lipinski definition) is 12. The first kappa shape index (κ1) is 42.4. The van der Waals surface area contributed by atoms with Crippen molar-refractivity contribution in [2.24, 2.45) is 5.92 Å². The Labute approximate surface area is 338 Å². The second-order valence-corrected chi connectivity index (χ2v) is 19.2. The highest BCUT2D eigenvalue weighted by atomic mass is 35.5. The Morgan fingerprint density at radius 2 is 1.71 bits per heavy atom. The lowest BCUT2D eigenvalue weighted by Gasteiger charge is -2.30. The van der Waals surface area contributed by atoms with E-state index in [0.29, 0.717) is 37.6 Å². The van der Waals surface area contributed by atoms with Crippen LogP contribution in [0.1, 0.15) is 30.1 Å². The Kier molecular flexibility index (Phi) is 13.8. The lowest BCUT2D eigenvalue weighted by atomic mass is 10.0. The van der Waals surface area contributed by atoms with E-state index in [0.717, 1.165) is 47.6 Å². The minimum Gasteiger partial charge on any atom is -0.619 e. The number of morpholine rings is 1. The van der Waals surface area contributed by atoms with Gasteiger partial charge in [0.1, 0.15) is 16.1 Å². The van der Waals surface area contributed by atoms with Crippen LogP contribution >= 0.6 is 35.0 Å². The number of nitrogens with zero attached hydrogens (tertiary/aromatic N) is 4. The van der Waals surface area contributed by atoms with Gasteiger partial charge in [0.2, 0.25) is 20.0 Å². The molecule has 306 valence electrons. The molecule has 2 saturated heterocycles. The van der Waals surface area contributed by atoms with Gasteiger partial charge in [0, 0.05) is 50.5 Å². The predicted molar refractivity (Wildman–Crippen MR) is 205 cm³/mol. The number of carbonyl (C=O) groups is 1. The number of pyridine rings is 1. The number of anilines is 1. The van der Waals surface area contributed by atoms with Gasteiger partial charge in [0.05, 0.1) is 36.7 Å². The largest absolute Gasteiger partial charge is 0.619 e. The Morgan fingerprint density at radius 3 is 2.34 bits per heavy atom. The van der Waals surface area contributed by atoms with E-state index >= 15 is 0 Å². The summed E-state index contributed by atoms with van der Waals surface area (Å²) in [5.41, 5.74) is 0.789. The van der Waals surface area contributed by atoms with Crippen LogP contribution in [0.4, 0.5) is 14.5 Å². The SMILES string of the molecule is CS(=O)(=O)N(CCN1CCOCC1)c1ccc(S(=O)(=O)N2CCSC2C(=O)O[C@@H](Cc2c(Cl)c[n+]([O-])cc2Cl)c2ccc(OC(F)F)c(OCC3CC3)c2)cc1. The summed E-state index contributed by atoms with van der Waals surface area (Å²) >= 11 is 13.8. The molecule has 0 N–H and O–H groups in total.